The molecule has 1 rings (SSSR count). The largest absolute Gasteiger partial charge is 0.447 e. The number of hydrogen-bond acceptors (Lipinski definition) is 4. The quantitative estimate of drug-likeness (QED) is 0.602. The van der Waals surface area contributed by atoms with E-state index in [0.717, 1.165) is 25.9 Å². The van der Waals surface area contributed by atoms with Crippen molar-refractivity contribution in [2.45, 2.75) is 18.9 Å². The summed E-state index contributed by atoms with van der Waals surface area (Å²) in [5.74, 6) is 0. The molecule has 0 aromatic heterocycles. The van der Waals surface area contributed by atoms with Crippen LogP contribution in [0.4, 0.5) is 4.79 Å². The van der Waals surface area contributed by atoms with Crippen LogP contribution in [0.1, 0.15) is 12.8 Å². The molecule has 0 aliphatic carbocycles. The number of rotatable bonds is 4. The summed E-state index contributed by atoms with van der Waals surface area (Å²) in [5.41, 5.74) is 4.78. The summed E-state index contributed by atoms with van der Waals surface area (Å²) < 4.78 is 9.99. The number of carbonyl (C=O) groups is 1. The van der Waals surface area contributed by atoms with Gasteiger partial charge in [0.1, 0.15) is 6.61 Å². The first kappa shape index (κ1) is 10.3. The Bertz CT molecular complexity index is 157. The number of ether oxygens (including phenoxy) is 2. The summed E-state index contributed by atoms with van der Waals surface area (Å²) in [6, 6.07) is 0. The average molecular weight is 188 g/mol. The highest BCUT2D eigenvalue weighted by Crippen LogP contribution is 2.06. The van der Waals surface area contributed by atoms with Crippen LogP contribution in [0.5, 0.6) is 0 Å². The molecule has 1 amide bonds. The summed E-state index contributed by atoms with van der Waals surface area (Å²) in [4.78, 5) is 10.2. The molecule has 1 fully saturated rings. The van der Waals surface area contributed by atoms with Crippen LogP contribution >= 0.6 is 0 Å². The summed E-state index contributed by atoms with van der Waals surface area (Å²) in [6.45, 7) is 2.69. The van der Waals surface area contributed by atoms with Gasteiger partial charge in [-0.2, -0.15) is 0 Å². The number of piperidine rings is 1. The Kier molecular flexibility index (Phi) is 4.56. The van der Waals surface area contributed by atoms with Gasteiger partial charge < -0.3 is 20.5 Å². The summed E-state index contributed by atoms with van der Waals surface area (Å²) in [6.07, 6.45) is 1.61. The SMILES string of the molecule is NC(=O)OCCOC1CCNCC1. The molecule has 0 aromatic rings. The minimum absolute atomic E-state index is 0.249. The van der Waals surface area contributed by atoms with E-state index in [1.807, 2.05) is 0 Å². The Morgan fingerprint density at radius 2 is 2.08 bits per heavy atom. The van der Waals surface area contributed by atoms with E-state index in [9.17, 15) is 4.79 Å². The highest BCUT2D eigenvalue weighted by Gasteiger charge is 2.12. The van der Waals surface area contributed by atoms with E-state index in [-0.39, 0.29) is 6.61 Å². The van der Waals surface area contributed by atoms with Gasteiger partial charge in [0.25, 0.3) is 0 Å². The van der Waals surface area contributed by atoms with Crippen molar-refractivity contribution in [3.05, 3.63) is 0 Å². The van der Waals surface area contributed by atoms with E-state index in [2.05, 4.69) is 10.1 Å². The van der Waals surface area contributed by atoms with Gasteiger partial charge in [-0.25, -0.2) is 4.79 Å². The van der Waals surface area contributed by atoms with Crippen molar-refractivity contribution in [3.8, 4) is 0 Å². The van der Waals surface area contributed by atoms with Crippen LogP contribution in [0.15, 0.2) is 0 Å². The first-order valence-corrected chi connectivity index (χ1v) is 4.53. The molecule has 1 heterocycles. The predicted molar refractivity (Wildman–Crippen MR) is 47.4 cm³/mol. The second-order valence-electron chi connectivity index (χ2n) is 2.99. The van der Waals surface area contributed by atoms with Gasteiger partial charge in [-0.1, -0.05) is 0 Å². The molecule has 0 spiro atoms. The van der Waals surface area contributed by atoms with Crippen LogP contribution in [-0.4, -0.2) is 38.5 Å². The normalized spacial score (nSPS) is 18.5. The number of hydrogen-bond donors (Lipinski definition) is 2. The Hall–Kier alpha value is -0.810. The lowest BCUT2D eigenvalue weighted by atomic mass is 10.1. The Labute approximate surface area is 77.6 Å². The maximum atomic E-state index is 10.2. The lowest BCUT2D eigenvalue weighted by molar-refractivity contribution is 0.00874. The molecule has 13 heavy (non-hydrogen) atoms. The molecule has 5 heteroatoms. The minimum Gasteiger partial charge on any atom is -0.447 e. The molecule has 1 aliphatic heterocycles. The second kappa shape index (κ2) is 5.77. The van der Waals surface area contributed by atoms with E-state index < -0.39 is 6.09 Å². The molecule has 3 N–H and O–H groups in total. The van der Waals surface area contributed by atoms with Crippen LogP contribution in [0.3, 0.4) is 0 Å². The molecule has 0 unspecified atom stereocenters. The third-order valence-electron chi connectivity index (χ3n) is 1.97. The zero-order chi connectivity index (χ0) is 9.52. The van der Waals surface area contributed by atoms with E-state index >= 15 is 0 Å². The average Bonchev–Trinajstić information content (AvgIpc) is 2.14. The third kappa shape index (κ3) is 4.69. The monoisotopic (exact) mass is 188 g/mol. The van der Waals surface area contributed by atoms with Gasteiger partial charge in [-0.05, 0) is 25.9 Å². The van der Waals surface area contributed by atoms with Crippen LogP contribution in [0, 0.1) is 0 Å². The molecular formula is C8H16N2O3. The number of nitrogens with two attached hydrogens (primary N) is 1. The summed E-state index contributed by atoms with van der Waals surface area (Å²) in [7, 11) is 0. The molecule has 0 atom stereocenters. The minimum atomic E-state index is -0.742. The van der Waals surface area contributed by atoms with Crippen molar-refractivity contribution in [2.75, 3.05) is 26.3 Å². The van der Waals surface area contributed by atoms with E-state index in [0.29, 0.717) is 12.7 Å². The van der Waals surface area contributed by atoms with Gasteiger partial charge in [0.05, 0.1) is 12.7 Å². The first-order chi connectivity index (χ1) is 6.29. The third-order valence-corrected chi connectivity index (χ3v) is 1.97. The highest BCUT2D eigenvalue weighted by atomic mass is 16.6. The number of carbonyl (C=O) groups excluding carboxylic acids is 1. The van der Waals surface area contributed by atoms with Gasteiger partial charge >= 0.3 is 6.09 Å². The lowest BCUT2D eigenvalue weighted by Gasteiger charge is -2.22. The highest BCUT2D eigenvalue weighted by molar-refractivity contribution is 5.64. The van der Waals surface area contributed by atoms with Crippen molar-refractivity contribution in [3.63, 3.8) is 0 Å². The van der Waals surface area contributed by atoms with Crippen molar-refractivity contribution >= 4 is 6.09 Å². The smallest absolute Gasteiger partial charge is 0.404 e. The molecule has 1 saturated heterocycles. The maximum Gasteiger partial charge on any atom is 0.404 e. The zero-order valence-electron chi connectivity index (χ0n) is 7.62. The van der Waals surface area contributed by atoms with Crippen molar-refractivity contribution < 1.29 is 14.3 Å². The van der Waals surface area contributed by atoms with Gasteiger partial charge in [0.2, 0.25) is 0 Å². The fraction of sp³-hybridized carbons (Fsp3) is 0.875. The van der Waals surface area contributed by atoms with Crippen molar-refractivity contribution in [1.82, 2.24) is 5.32 Å². The molecule has 0 radical (unpaired) electrons. The van der Waals surface area contributed by atoms with Crippen LogP contribution in [-0.2, 0) is 9.47 Å². The van der Waals surface area contributed by atoms with Gasteiger partial charge in [-0.15, -0.1) is 0 Å². The zero-order valence-corrected chi connectivity index (χ0v) is 7.62. The van der Waals surface area contributed by atoms with Crippen molar-refractivity contribution in [1.29, 1.82) is 0 Å². The van der Waals surface area contributed by atoms with E-state index in [1.165, 1.54) is 0 Å². The standard InChI is InChI=1S/C8H16N2O3/c9-8(11)13-6-5-12-7-1-3-10-4-2-7/h7,10H,1-6H2,(H2,9,11). The predicted octanol–water partition coefficient (Wildman–Crippen LogP) is -0.150. The number of amides is 1. The molecule has 0 saturated carbocycles. The van der Waals surface area contributed by atoms with Gasteiger partial charge in [0, 0.05) is 0 Å². The molecule has 5 nitrogen and oxygen atoms in total. The Morgan fingerprint density at radius 1 is 1.38 bits per heavy atom. The Balaban J connectivity index is 1.95. The van der Waals surface area contributed by atoms with E-state index in [1.54, 1.807) is 0 Å². The van der Waals surface area contributed by atoms with Gasteiger partial charge in [0.15, 0.2) is 0 Å². The second-order valence-corrected chi connectivity index (χ2v) is 2.99. The first-order valence-electron chi connectivity index (χ1n) is 4.53. The van der Waals surface area contributed by atoms with Crippen LogP contribution < -0.4 is 11.1 Å². The fourth-order valence-electron chi connectivity index (χ4n) is 1.32. The van der Waals surface area contributed by atoms with Crippen LogP contribution in [0.25, 0.3) is 0 Å². The Morgan fingerprint density at radius 3 is 2.69 bits per heavy atom. The van der Waals surface area contributed by atoms with Gasteiger partial charge in [-0.3, -0.25) is 0 Å². The topological polar surface area (TPSA) is 73.6 Å². The number of nitrogens with one attached hydrogen (secondary N) is 1. The molecule has 0 aromatic carbocycles. The summed E-state index contributed by atoms with van der Waals surface area (Å²) in [5, 5.41) is 3.24. The fourth-order valence-corrected chi connectivity index (χ4v) is 1.32. The molecule has 1 aliphatic rings. The summed E-state index contributed by atoms with van der Waals surface area (Å²) >= 11 is 0. The molecule has 76 valence electrons. The van der Waals surface area contributed by atoms with E-state index in [4.69, 9.17) is 10.5 Å². The van der Waals surface area contributed by atoms with Crippen LogP contribution in [0.2, 0.25) is 0 Å². The molecule has 0 bridgehead atoms. The lowest BCUT2D eigenvalue weighted by Crippen LogP contribution is -2.33. The number of primary amides is 1. The van der Waals surface area contributed by atoms with Crippen molar-refractivity contribution in [2.24, 2.45) is 5.73 Å². The molecular weight excluding hydrogens is 172 g/mol. The maximum absolute atomic E-state index is 10.2.